The van der Waals surface area contributed by atoms with E-state index in [4.69, 9.17) is 9.47 Å². The molecule has 2 aromatic carbocycles. The molecule has 0 saturated carbocycles. The van der Waals surface area contributed by atoms with E-state index in [-0.39, 0.29) is 18.4 Å². The molecule has 0 fully saturated rings. The zero-order valence-electron chi connectivity index (χ0n) is 17.7. The number of nitrogens with zero attached hydrogens (tertiary/aromatic N) is 1. The van der Waals surface area contributed by atoms with Gasteiger partial charge in [-0.25, -0.2) is 0 Å². The molecule has 7 nitrogen and oxygen atoms in total. The van der Waals surface area contributed by atoms with Crippen LogP contribution < -0.4 is 25.0 Å². The Labute approximate surface area is 172 Å². The summed E-state index contributed by atoms with van der Waals surface area (Å²) in [5.74, 6) is 0.325. The number of nitrogens with one attached hydrogen (secondary N) is 2. The van der Waals surface area contributed by atoms with E-state index in [0.717, 1.165) is 30.0 Å². The fourth-order valence-corrected chi connectivity index (χ4v) is 3.01. The van der Waals surface area contributed by atoms with Crippen molar-refractivity contribution in [2.45, 2.75) is 20.8 Å². The minimum atomic E-state index is -0.366. The number of rotatable bonds is 9. The van der Waals surface area contributed by atoms with Gasteiger partial charge in [0.15, 0.2) is 11.5 Å². The molecule has 0 aromatic heterocycles. The minimum absolute atomic E-state index is 0.135. The lowest BCUT2D eigenvalue weighted by atomic mass is 10.1. The highest BCUT2D eigenvalue weighted by Crippen LogP contribution is 2.27. The van der Waals surface area contributed by atoms with Crippen molar-refractivity contribution in [1.82, 2.24) is 5.32 Å². The topological polar surface area (TPSA) is 79.9 Å². The molecule has 2 rings (SSSR count). The van der Waals surface area contributed by atoms with Crippen molar-refractivity contribution in [1.29, 1.82) is 0 Å². The monoisotopic (exact) mass is 399 g/mol. The van der Waals surface area contributed by atoms with Crippen LogP contribution >= 0.6 is 0 Å². The molecule has 29 heavy (non-hydrogen) atoms. The first-order valence-corrected chi connectivity index (χ1v) is 9.59. The second-order valence-corrected chi connectivity index (χ2v) is 6.47. The van der Waals surface area contributed by atoms with Crippen LogP contribution in [0.25, 0.3) is 0 Å². The molecule has 2 aromatic rings. The summed E-state index contributed by atoms with van der Waals surface area (Å²) in [6.45, 7) is 7.87. The maximum atomic E-state index is 12.3. The fraction of sp³-hybridized carbons (Fsp3) is 0.364. The van der Waals surface area contributed by atoms with Crippen LogP contribution in [0.2, 0.25) is 0 Å². The van der Waals surface area contributed by atoms with E-state index in [1.807, 2.05) is 25.1 Å². The van der Waals surface area contributed by atoms with Gasteiger partial charge >= 0.3 is 0 Å². The van der Waals surface area contributed by atoms with Gasteiger partial charge < -0.3 is 25.0 Å². The van der Waals surface area contributed by atoms with Crippen molar-refractivity contribution in [2.24, 2.45) is 0 Å². The highest BCUT2D eigenvalue weighted by atomic mass is 16.5. The van der Waals surface area contributed by atoms with E-state index in [2.05, 4.69) is 29.4 Å². The summed E-state index contributed by atoms with van der Waals surface area (Å²) >= 11 is 0. The summed E-state index contributed by atoms with van der Waals surface area (Å²) in [6, 6.07) is 10.8. The van der Waals surface area contributed by atoms with E-state index in [0.29, 0.717) is 17.1 Å². The standard InChI is InChI=1S/C22H29N3O4/c1-6-25(7-2)17-9-10-18(15(3)12-17)24-21(26)14-23-22(27)16-8-11-19(28-4)20(13-16)29-5/h8-13H,6-7,14H2,1-5H3,(H,23,27)(H,24,26). The van der Waals surface area contributed by atoms with Gasteiger partial charge in [0, 0.05) is 30.0 Å². The molecule has 0 spiro atoms. The van der Waals surface area contributed by atoms with Crippen LogP contribution in [0.15, 0.2) is 36.4 Å². The summed E-state index contributed by atoms with van der Waals surface area (Å²) in [6.07, 6.45) is 0. The number of hydrogen-bond donors (Lipinski definition) is 2. The summed E-state index contributed by atoms with van der Waals surface area (Å²) in [4.78, 5) is 26.8. The third kappa shape index (κ3) is 5.63. The van der Waals surface area contributed by atoms with E-state index in [1.54, 1.807) is 18.2 Å². The first kappa shape index (κ1) is 22.1. The molecule has 0 saturated heterocycles. The molecule has 2 N–H and O–H groups in total. The lowest BCUT2D eigenvalue weighted by molar-refractivity contribution is -0.115. The van der Waals surface area contributed by atoms with Gasteiger partial charge in [-0.15, -0.1) is 0 Å². The summed E-state index contributed by atoms with van der Waals surface area (Å²) in [5, 5.41) is 5.46. The first-order chi connectivity index (χ1) is 13.9. The Bertz CT molecular complexity index is 863. The summed E-state index contributed by atoms with van der Waals surface area (Å²) in [5.41, 5.74) is 3.20. The predicted molar refractivity (Wildman–Crippen MR) is 115 cm³/mol. The van der Waals surface area contributed by atoms with Crippen molar-refractivity contribution >= 4 is 23.2 Å². The van der Waals surface area contributed by atoms with Crippen LogP contribution in [0.3, 0.4) is 0 Å². The van der Waals surface area contributed by atoms with Gasteiger partial charge in [-0.05, 0) is 62.7 Å². The minimum Gasteiger partial charge on any atom is -0.493 e. The predicted octanol–water partition coefficient (Wildman–Crippen LogP) is 3.23. The van der Waals surface area contributed by atoms with Gasteiger partial charge in [0.1, 0.15) is 0 Å². The first-order valence-electron chi connectivity index (χ1n) is 9.59. The number of hydrogen-bond acceptors (Lipinski definition) is 5. The van der Waals surface area contributed by atoms with Crippen molar-refractivity contribution in [2.75, 3.05) is 44.1 Å². The maximum absolute atomic E-state index is 12.3. The zero-order valence-corrected chi connectivity index (χ0v) is 17.7. The highest BCUT2D eigenvalue weighted by molar-refractivity contribution is 6.00. The Morgan fingerprint density at radius 2 is 1.66 bits per heavy atom. The van der Waals surface area contributed by atoms with Gasteiger partial charge in [-0.2, -0.15) is 0 Å². The molecule has 0 bridgehead atoms. The molecule has 0 aliphatic rings. The fourth-order valence-electron chi connectivity index (χ4n) is 3.01. The van der Waals surface area contributed by atoms with Crippen LogP contribution in [0.4, 0.5) is 11.4 Å². The molecule has 0 atom stereocenters. The third-order valence-corrected chi connectivity index (χ3v) is 4.67. The average molecular weight is 399 g/mol. The van der Waals surface area contributed by atoms with Crippen LogP contribution in [0.5, 0.6) is 11.5 Å². The summed E-state index contributed by atoms with van der Waals surface area (Å²) in [7, 11) is 3.03. The Morgan fingerprint density at radius 1 is 0.966 bits per heavy atom. The van der Waals surface area contributed by atoms with Crippen LogP contribution in [0.1, 0.15) is 29.8 Å². The van der Waals surface area contributed by atoms with Crippen LogP contribution in [-0.2, 0) is 4.79 Å². The number of methoxy groups -OCH3 is 2. The number of carbonyl (C=O) groups excluding carboxylic acids is 2. The molecule has 0 aliphatic heterocycles. The highest BCUT2D eigenvalue weighted by Gasteiger charge is 2.13. The molecule has 0 aliphatic carbocycles. The Hall–Kier alpha value is -3.22. The second kappa shape index (κ2) is 10.4. The molecule has 0 radical (unpaired) electrons. The van der Waals surface area contributed by atoms with E-state index in [1.165, 1.54) is 14.2 Å². The van der Waals surface area contributed by atoms with Crippen molar-refractivity contribution in [3.8, 4) is 11.5 Å². The van der Waals surface area contributed by atoms with Gasteiger partial charge in [0.05, 0.1) is 20.8 Å². The molecule has 0 unspecified atom stereocenters. The maximum Gasteiger partial charge on any atom is 0.251 e. The number of anilines is 2. The normalized spacial score (nSPS) is 10.2. The van der Waals surface area contributed by atoms with E-state index in [9.17, 15) is 9.59 Å². The quantitative estimate of drug-likeness (QED) is 0.677. The SMILES string of the molecule is CCN(CC)c1ccc(NC(=O)CNC(=O)c2ccc(OC)c(OC)c2)c(C)c1. The Balaban J connectivity index is 1.97. The summed E-state index contributed by atoms with van der Waals surface area (Å²) < 4.78 is 10.4. The average Bonchev–Trinajstić information content (AvgIpc) is 2.74. The number of ether oxygens (including phenoxy) is 2. The zero-order chi connectivity index (χ0) is 21.4. The van der Waals surface area contributed by atoms with Gasteiger partial charge in [0.2, 0.25) is 5.91 Å². The molecule has 7 heteroatoms. The molecular formula is C22H29N3O4. The second-order valence-electron chi connectivity index (χ2n) is 6.47. The number of benzene rings is 2. The van der Waals surface area contributed by atoms with Gasteiger partial charge in [0.25, 0.3) is 5.91 Å². The van der Waals surface area contributed by atoms with Crippen LogP contribution in [0, 0.1) is 6.92 Å². The third-order valence-electron chi connectivity index (χ3n) is 4.67. The van der Waals surface area contributed by atoms with E-state index < -0.39 is 0 Å². The number of amides is 2. The van der Waals surface area contributed by atoms with Crippen molar-refractivity contribution in [3.05, 3.63) is 47.5 Å². The molecule has 156 valence electrons. The number of carbonyl (C=O) groups is 2. The van der Waals surface area contributed by atoms with Crippen LogP contribution in [-0.4, -0.2) is 45.7 Å². The van der Waals surface area contributed by atoms with Gasteiger partial charge in [-0.3, -0.25) is 9.59 Å². The van der Waals surface area contributed by atoms with Crippen molar-refractivity contribution in [3.63, 3.8) is 0 Å². The smallest absolute Gasteiger partial charge is 0.251 e. The molecule has 0 heterocycles. The van der Waals surface area contributed by atoms with E-state index >= 15 is 0 Å². The Morgan fingerprint density at radius 3 is 2.24 bits per heavy atom. The lowest BCUT2D eigenvalue weighted by Gasteiger charge is -2.22. The number of aryl methyl sites for hydroxylation is 1. The molecular weight excluding hydrogens is 370 g/mol. The lowest BCUT2D eigenvalue weighted by Crippen LogP contribution is -2.33. The molecule has 2 amide bonds. The Kier molecular flexibility index (Phi) is 7.88. The van der Waals surface area contributed by atoms with Crippen molar-refractivity contribution < 1.29 is 19.1 Å². The largest absolute Gasteiger partial charge is 0.493 e. The van der Waals surface area contributed by atoms with Gasteiger partial charge in [-0.1, -0.05) is 0 Å².